The Labute approximate surface area is 202 Å². The summed E-state index contributed by atoms with van der Waals surface area (Å²) >= 11 is 1.31. The van der Waals surface area contributed by atoms with Gasteiger partial charge in [0.1, 0.15) is 17.5 Å². The summed E-state index contributed by atoms with van der Waals surface area (Å²) in [6, 6.07) is 16.3. The van der Waals surface area contributed by atoms with Gasteiger partial charge in [0, 0.05) is 36.7 Å². The van der Waals surface area contributed by atoms with E-state index in [9.17, 15) is 9.59 Å². The maximum absolute atomic E-state index is 13.0. The minimum Gasteiger partial charge on any atom is -0.497 e. The van der Waals surface area contributed by atoms with Gasteiger partial charge in [0.05, 0.1) is 13.2 Å². The summed E-state index contributed by atoms with van der Waals surface area (Å²) in [5, 5.41) is 11.2. The van der Waals surface area contributed by atoms with Crippen molar-refractivity contribution in [3.8, 4) is 5.75 Å². The molecule has 1 aliphatic heterocycles. The zero-order chi connectivity index (χ0) is 23.8. The molecular weight excluding hydrogens is 452 g/mol. The quantitative estimate of drug-likeness (QED) is 0.410. The van der Waals surface area contributed by atoms with Gasteiger partial charge < -0.3 is 25.4 Å². The number of ether oxygens (including phenoxy) is 2. The molecule has 3 N–H and O–H groups in total. The highest BCUT2D eigenvalue weighted by atomic mass is 32.1. The minimum atomic E-state index is -0.729. The summed E-state index contributed by atoms with van der Waals surface area (Å²) in [6.07, 6.45) is 2.34. The molecule has 0 aliphatic carbocycles. The molecule has 2 heterocycles. The summed E-state index contributed by atoms with van der Waals surface area (Å²) in [4.78, 5) is 30.3. The standard InChI is InChI=1S/C25H28N4O4S/c1-32-19-10-5-9-18(14-19)27-25-29-22(16-34-25)24(31)28-21(13-17-7-3-2-4-8-17)23(30)26-15-20-11-6-12-33-20/h2-5,7-10,14,16,20-21H,6,11-13,15H2,1H3,(H,26,30)(H,27,29)(H,28,31)/t20-,21+/m1/s1. The average molecular weight is 481 g/mol. The Hall–Kier alpha value is -3.43. The number of methoxy groups -OCH3 is 1. The third-order valence-electron chi connectivity index (χ3n) is 5.49. The summed E-state index contributed by atoms with van der Waals surface area (Å²) in [7, 11) is 1.60. The first-order valence-corrected chi connectivity index (χ1v) is 12.1. The molecule has 1 aromatic heterocycles. The van der Waals surface area contributed by atoms with Crippen LogP contribution in [0.1, 0.15) is 28.9 Å². The summed E-state index contributed by atoms with van der Waals surface area (Å²) in [6.45, 7) is 1.16. The normalized spacial score (nSPS) is 16.0. The van der Waals surface area contributed by atoms with E-state index in [0.29, 0.717) is 18.1 Å². The van der Waals surface area contributed by atoms with Crippen LogP contribution < -0.4 is 20.7 Å². The number of carbonyl (C=O) groups excluding carboxylic acids is 2. The zero-order valence-electron chi connectivity index (χ0n) is 19.0. The molecule has 4 rings (SSSR count). The SMILES string of the molecule is COc1cccc(Nc2nc(C(=O)N[C@@H](Cc3ccccc3)C(=O)NC[C@H]3CCCO3)cs2)c1. The van der Waals surface area contributed by atoms with E-state index in [1.807, 2.05) is 54.6 Å². The number of rotatable bonds is 10. The number of anilines is 2. The maximum Gasteiger partial charge on any atom is 0.271 e. The number of hydrogen-bond acceptors (Lipinski definition) is 7. The number of benzene rings is 2. The molecule has 1 aliphatic rings. The minimum absolute atomic E-state index is 0.0285. The Morgan fingerprint density at radius 3 is 2.82 bits per heavy atom. The second kappa shape index (κ2) is 11.6. The first kappa shape index (κ1) is 23.7. The van der Waals surface area contributed by atoms with Gasteiger partial charge >= 0.3 is 0 Å². The van der Waals surface area contributed by atoms with Crippen molar-refractivity contribution in [2.75, 3.05) is 25.6 Å². The lowest BCUT2D eigenvalue weighted by Crippen LogP contribution is -2.49. The second-order valence-electron chi connectivity index (χ2n) is 7.99. The smallest absolute Gasteiger partial charge is 0.271 e. The van der Waals surface area contributed by atoms with Gasteiger partial charge in [-0.2, -0.15) is 0 Å². The van der Waals surface area contributed by atoms with Gasteiger partial charge in [0.2, 0.25) is 5.91 Å². The van der Waals surface area contributed by atoms with Crippen molar-refractivity contribution in [3.63, 3.8) is 0 Å². The van der Waals surface area contributed by atoms with Gasteiger partial charge in [-0.1, -0.05) is 36.4 Å². The van der Waals surface area contributed by atoms with Crippen LogP contribution in [0.2, 0.25) is 0 Å². The van der Waals surface area contributed by atoms with Crippen LogP contribution in [-0.4, -0.2) is 49.2 Å². The number of thiazole rings is 1. The van der Waals surface area contributed by atoms with Crippen LogP contribution in [0.4, 0.5) is 10.8 Å². The van der Waals surface area contributed by atoms with Gasteiger partial charge in [0.25, 0.3) is 5.91 Å². The molecule has 1 saturated heterocycles. The molecule has 1 fully saturated rings. The van der Waals surface area contributed by atoms with E-state index in [1.165, 1.54) is 11.3 Å². The van der Waals surface area contributed by atoms with Crippen LogP contribution in [-0.2, 0) is 16.0 Å². The predicted molar refractivity (Wildman–Crippen MR) is 132 cm³/mol. The van der Waals surface area contributed by atoms with Gasteiger partial charge in [-0.05, 0) is 30.5 Å². The Kier molecular flexibility index (Phi) is 8.11. The van der Waals surface area contributed by atoms with Gasteiger partial charge in [0.15, 0.2) is 5.13 Å². The Balaban J connectivity index is 1.41. The van der Waals surface area contributed by atoms with Crippen LogP contribution in [0.5, 0.6) is 5.75 Å². The van der Waals surface area contributed by atoms with Gasteiger partial charge in [-0.25, -0.2) is 4.98 Å². The molecule has 0 bridgehead atoms. The van der Waals surface area contributed by atoms with Crippen LogP contribution >= 0.6 is 11.3 Å². The lowest BCUT2D eigenvalue weighted by molar-refractivity contribution is -0.123. The monoisotopic (exact) mass is 480 g/mol. The van der Waals surface area contributed by atoms with E-state index in [1.54, 1.807) is 12.5 Å². The van der Waals surface area contributed by atoms with Crippen molar-refractivity contribution < 1.29 is 19.1 Å². The molecular formula is C25H28N4O4S. The third-order valence-corrected chi connectivity index (χ3v) is 6.25. The van der Waals surface area contributed by atoms with Gasteiger partial charge in [-0.15, -0.1) is 11.3 Å². The van der Waals surface area contributed by atoms with E-state index < -0.39 is 11.9 Å². The Morgan fingerprint density at radius 2 is 2.06 bits per heavy atom. The average Bonchev–Trinajstić information content (AvgIpc) is 3.55. The number of carbonyl (C=O) groups is 2. The molecule has 2 amide bonds. The number of nitrogens with one attached hydrogen (secondary N) is 3. The highest BCUT2D eigenvalue weighted by molar-refractivity contribution is 7.14. The first-order chi connectivity index (χ1) is 16.6. The molecule has 0 spiro atoms. The van der Waals surface area contributed by atoms with Crippen molar-refractivity contribution in [2.45, 2.75) is 31.4 Å². The van der Waals surface area contributed by atoms with Gasteiger partial charge in [-0.3, -0.25) is 9.59 Å². The third kappa shape index (κ3) is 6.55. The van der Waals surface area contributed by atoms with Crippen LogP contribution in [0.25, 0.3) is 0 Å². The summed E-state index contributed by atoms with van der Waals surface area (Å²) in [5.74, 6) is 0.0816. The number of nitrogens with zero attached hydrogens (tertiary/aromatic N) is 1. The molecule has 0 unspecified atom stereocenters. The maximum atomic E-state index is 13.0. The lowest BCUT2D eigenvalue weighted by atomic mass is 10.0. The zero-order valence-corrected chi connectivity index (χ0v) is 19.8. The molecule has 178 valence electrons. The molecule has 2 atom stereocenters. The molecule has 0 saturated carbocycles. The Bertz CT molecular complexity index is 1100. The largest absolute Gasteiger partial charge is 0.497 e. The van der Waals surface area contributed by atoms with E-state index in [0.717, 1.165) is 36.4 Å². The highest BCUT2D eigenvalue weighted by Crippen LogP contribution is 2.24. The van der Waals surface area contributed by atoms with Crippen molar-refractivity contribution in [3.05, 3.63) is 71.2 Å². The predicted octanol–water partition coefficient (Wildman–Crippen LogP) is 3.53. The molecule has 34 heavy (non-hydrogen) atoms. The fraction of sp³-hybridized carbons (Fsp3) is 0.320. The van der Waals surface area contributed by atoms with Crippen LogP contribution in [0.15, 0.2) is 60.0 Å². The molecule has 9 heteroatoms. The Morgan fingerprint density at radius 1 is 1.21 bits per heavy atom. The number of hydrogen-bond donors (Lipinski definition) is 3. The van der Waals surface area contributed by atoms with Crippen molar-refractivity contribution in [1.29, 1.82) is 0 Å². The number of aromatic nitrogens is 1. The lowest BCUT2D eigenvalue weighted by Gasteiger charge is -2.19. The number of amides is 2. The van der Waals surface area contributed by atoms with E-state index in [-0.39, 0.29) is 17.7 Å². The van der Waals surface area contributed by atoms with Crippen LogP contribution in [0.3, 0.4) is 0 Å². The molecule has 0 radical (unpaired) electrons. The molecule has 8 nitrogen and oxygen atoms in total. The fourth-order valence-electron chi connectivity index (χ4n) is 3.69. The molecule has 2 aromatic carbocycles. The second-order valence-corrected chi connectivity index (χ2v) is 8.85. The van der Waals surface area contributed by atoms with E-state index in [4.69, 9.17) is 9.47 Å². The van der Waals surface area contributed by atoms with Crippen molar-refractivity contribution in [1.82, 2.24) is 15.6 Å². The molecule has 3 aromatic rings. The van der Waals surface area contributed by atoms with E-state index >= 15 is 0 Å². The van der Waals surface area contributed by atoms with Crippen molar-refractivity contribution >= 4 is 34.0 Å². The fourth-order valence-corrected chi connectivity index (χ4v) is 4.40. The van der Waals surface area contributed by atoms with Crippen molar-refractivity contribution in [2.24, 2.45) is 0 Å². The van der Waals surface area contributed by atoms with E-state index in [2.05, 4.69) is 20.9 Å². The van der Waals surface area contributed by atoms with Crippen LogP contribution in [0, 0.1) is 0 Å². The topological polar surface area (TPSA) is 102 Å². The summed E-state index contributed by atoms with van der Waals surface area (Å²) < 4.78 is 10.8. The first-order valence-electron chi connectivity index (χ1n) is 11.2. The highest BCUT2D eigenvalue weighted by Gasteiger charge is 2.25. The summed E-state index contributed by atoms with van der Waals surface area (Å²) in [5.41, 5.74) is 2.01.